The summed E-state index contributed by atoms with van der Waals surface area (Å²) in [6.45, 7) is 1.86. The minimum absolute atomic E-state index is 0.0346. The standard InChI is InChI=1S/C11H12N4OS3/c1-6(18-11-15-12-5-17-11)9(16)14-10-13-7-3-2-4-8(7)19-10/h5-6H,2-4H2,1H3,(H,13,14,16)/t6-/m1/s1. The van der Waals surface area contributed by atoms with Crippen LogP contribution in [0.5, 0.6) is 0 Å². The number of thioether (sulfide) groups is 1. The fourth-order valence-electron chi connectivity index (χ4n) is 1.87. The summed E-state index contributed by atoms with van der Waals surface area (Å²) < 4.78 is 0.810. The highest BCUT2D eigenvalue weighted by Gasteiger charge is 2.20. The van der Waals surface area contributed by atoms with E-state index in [2.05, 4.69) is 20.5 Å². The lowest BCUT2D eigenvalue weighted by Crippen LogP contribution is -2.22. The van der Waals surface area contributed by atoms with E-state index < -0.39 is 0 Å². The Kier molecular flexibility index (Phi) is 3.81. The van der Waals surface area contributed by atoms with Gasteiger partial charge in [0.1, 0.15) is 5.51 Å². The van der Waals surface area contributed by atoms with E-state index in [0.29, 0.717) is 0 Å². The van der Waals surface area contributed by atoms with Crippen molar-refractivity contribution in [2.75, 3.05) is 5.32 Å². The molecule has 2 aromatic heterocycles. The maximum atomic E-state index is 12.1. The van der Waals surface area contributed by atoms with Crippen LogP contribution in [0.15, 0.2) is 9.85 Å². The van der Waals surface area contributed by atoms with Gasteiger partial charge in [0.15, 0.2) is 9.47 Å². The first-order valence-electron chi connectivity index (χ1n) is 5.94. The van der Waals surface area contributed by atoms with Gasteiger partial charge in [-0.2, -0.15) is 0 Å². The minimum Gasteiger partial charge on any atom is -0.301 e. The second-order valence-corrected chi connectivity index (χ2v) is 7.70. The third-order valence-corrected chi connectivity index (χ3v) is 5.80. The third kappa shape index (κ3) is 2.96. The van der Waals surface area contributed by atoms with E-state index in [1.807, 2.05) is 6.92 Å². The molecular formula is C11H12N4OS3. The fourth-order valence-corrected chi connectivity index (χ4v) is 4.55. The zero-order valence-electron chi connectivity index (χ0n) is 10.3. The van der Waals surface area contributed by atoms with Crippen molar-refractivity contribution in [3.63, 3.8) is 0 Å². The zero-order chi connectivity index (χ0) is 13.2. The molecule has 19 heavy (non-hydrogen) atoms. The molecule has 0 saturated heterocycles. The van der Waals surface area contributed by atoms with Gasteiger partial charge < -0.3 is 5.32 Å². The molecule has 0 aromatic carbocycles. The Morgan fingerprint density at radius 1 is 1.53 bits per heavy atom. The zero-order valence-corrected chi connectivity index (χ0v) is 12.7. The van der Waals surface area contributed by atoms with Crippen LogP contribution < -0.4 is 5.32 Å². The normalized spacial score (nSPS) is 15.2. The topological polar surface area (TPSA) is 67.8 Å². The van der Waals surface area contributed by atoms with Gasteiger partial charge in [-0.15, -0.1) is 21.5 Å². The van der Waals surface area contributed by atoms with Crippen LogP contribution in [0, 0.1) is 0 Å². The Morgan fingerprint density at radius 3 is 3.16 bits per heavy atom. The lowest BCUT2D eigenvalue weighted by atomic mass is 10.4. The highest BCUT2D eigenvalue weighted by atomic mass is 32.2. The summed E-state index contributed by atoms with van der Waals surface area (Å²) in [6.07, 6.45) is 3.32. The summed E-state index contributed by atoms with van der Waals surface area (Å²) in [6, 6.07) is 0. The van der Waals surface area contributed by atoms with Crippen LogP contribution in [0.25, 0.3) is 0 Å². The molecule has 2 aromatic rings. The van der Waals surface area contributed by atoms with Crippen molar-refractivity contribution in [1.82, 2.24) is 15.2 Å². The SMILES string of the molecule is C[C@@H](Sc1nncs1)C(=O)Nc1nc2c(s1)CCC2. The molecule has 0 spiro atoms. The first-order chi connectivity index (χ1) is 9.22. The summed E-state index contributed by atoms with van der Waals surface area (Å²) in [5.74, 6) is -0.0346. The summed E-state index contributed by atoms with van der Waals surface area (Å²) in [4.78, 5) is 17.8. The predicted molar refractivity (Wildman–Crippen MR) is 78.0 cm³/mol. The molecule has 0 unspecified atom stereocenters. The number of nitrogens with zero attached hydrogens (tertiary/aromatic N) is 3. The Bertz CT molecular complexity index is 559. The molecule has 100 valence electrons. The number of carbonyl (C=O) groups excluding carboxylic acids is 1. The molecule has 0 saturated carbocycles. The van der Waals surface area contributed by atoms with Gasteiger partial charge in [-0.1, -0.05) is 23.1 Å². The van der Waals surface area contributed by atoms with Crippen LogP contribution in [-0.4, -0.2) is 26.3 Å². The van der Waals surface area contributed by atoms with E-state index in [0.717, 1.165) is 28.0 Å². The van der Waals surface area contributed by atoms with Crippen LogP contribution in [0.3, 0.4) is 0 Å². The Labute approximate surface area is 122 Å². The molecule has 0 bridgehead atoms. The maximum Gasteiger partial charge on any atom is 0.239 e. The molecule has 2 heterocycles. The van der Waals surface area contributed by atoms with Crippen molar-refractivity contribution in [3.05, 3.63) is 16.1 Å². The van der Waals surface area contributed by atoms with Gasteiger partial charge in [0.2, 0.25) is 5.91 Å². The Morgan fingerprint density at radius 2 is 2.42 bits per heavy atom. The van der Waals surface area contributed by atoms with Gasteiger partial charge in [0.05, 0.1) is 10.9 Å². The molecule has 0 radical (unpaired) electrons. The van der Waals surface area contributed by atoms with Crippen LogP contribution in [0.2, 0.25) is 0 Å². The lowest BCUT2D eigenvalue weighted by molar-refractivity contribution is -0.115. The third-order valence-electron chi connectivity index (χ3n) is 2.81. The number of thiazole rings is 1. The maximum absolute atomic E-state index is 12.1. The van der Waals surface area contributed by atoms with Crippen LogP contribution in [0.4, 0.5) is 5.13 Å². The molecule has 1 N–H and O–H groups in total. The summed E-state index contributed by atoms with van der Waals surface area (Å²) in [7, 11) is 0. The van der Waals surface area contributed by atoms with E-state index in [1.54, 1.807) is 16.8 Å². The number of carbonyl (C=O) groups is 1. The number of aromatic nitrogens is 3. The van der Waals surface area contributed by atoms with Gasteiger partial charge in [-0.25, -0.2) is 4.98 Å². The van der Waals surface area contributed by atoms with Crippen LogP contribution in [0.1, 0.15) is 23.9 Å². The molecule has 0 fully saturated rings. The van der Waals surface area contributed by atoms with Gasteiger partial charge in [0.25, 0.3) is 0 Å². The fraction of sp³-hybridized carbons (Fsp3) is 0.455. The predicted octanol–water partition coefficient (Wildman–Crippen LogP) is 2.60. The van der Waals surface area contributed by atoms with E-state index in [-0.39, 0.29) is 11.2 Å². The number of nitrogens with one attached hydrogen (secondary N) is 1. The number of fused-ring (bicyclic) bond motifs is 1. The van der Waals surface area contributed by atoms with Gasteiger partial charge in [0, 0.05) is 4.88 Å². The quantitative estimate of drug-likeness (QED) is 0.879. The molecule has 0 aliphatic heterocycles. The van der Waals surface area contributed by atoms with Gasteiger partial charge >= 0.3 is 0 Å². The summed E-state index contributed by atoms with van der Waals surface area (Å²) in [5.41, 5.74) is 2.82. The second-order valence-electron chi connectivity index (χ2n) is 4.20. The number of hydrogen-bond donors (Lipinski definition) is 1. The average Bonchev–Trinajstić information content (AvgIpc) is 3.04. The number of rotatable bonds is 4. The van der Waals surface area contributed by atoms with Crippen molar-refractivity contribution >= 4 is 45.5 Å². The molecule has 5 nitrogen and oxygen atoms in total. The Balaban J connectivity index is 1.60. The van der Waals surface area contributed by atoms with E-state index >= 15 is 0 Å². The Hall–Kier alpha value is -0.990. The average molecular weight is 312 g/mol. The molecule has 3 rings (SSSR count). The smallest absolute Gasteiger partial charge is 0.239 e. The second kappa shape index (κ2) is 5.56. The number of hydrogen-bond acceptors (Lipinski definition) is 7. The molecule has 1 atom stereocenters. The van der Waals surface area contributed by atoms with Crippen molar-refractivity contribution in [2.24, 2.45) is 0 Å². The van der Waals surface area contributed by atoms with E-state index in [9.17, 15) is 4.79 Å². The van der Waals surface area contributed by atoms with Crippen molar-refractivity contribution < 1.29 is 4.79 Å². The summed E-state index contributed by atoms with van der Waals surface area (Å²) in [5, 5.41) is 11.1. The van der Waals surface area contributed by atoms with Crippen molar-refractivity contribution in [1.29, 1.82) is 0 Å². The van der Waals surface area contributed by atoms with Crippen LogP contribution in [-0.2, 0) is 17.6 Å². The number of amides is 1. The molecule has 1 aliphatic rings. The van der Waals surface area contributed by atoms with E-state index in [1.165, 1.54) is 34.4 Å². The summed E-state index contributed by atoms with van der Waals surface area (Å²) >= 11 is 4.46. The van der Waals surface area contributed by atoms with Crippen LogP contribution >= 0.6 is 34.4 Å². The van der Waals surface area contributed by atoms with E-state index in [4.69, 9.17) is 0 Å². The molecule has 8 heteroatoms. The minimum atomic E-state index is -0.202. The van der Waals surface area contributed by atoms with Crippen molar-refractivity contribution in [3.8, 4) is 0 Å². The highest BCUT2D eigenvalue weighted by Crippen LogP contribution is 2.31. The number of anilines is 1. The van der Waals surface area contributed by atoms with Crippen molar-refractivity contribution in [2.45, 2.75) is 35.8 Å². The largest absolute Gasteiger partial charge is 0.301 e. The molecular weight excluding hydrogens is 300 g/mol. The lowest BCUT2D eigenvalue weighted by Gasteiger charge is -2.07. The first kappa shape index (κ1) is 13.0. The molecule has 1 amide bonds. The highest BCUT2D eigenvalue weighted by molar-refractivity contribution is 8.02. The number of aryl methyl sites for hydroxylation is 2. The monoisotopic (exact) mass is 312 g/mol. The van der Waals surface area contributed by atoms with Gasteiger partial charge in [-0.3, -0.25) is 4.79 Å². The van der Waals surface area contributed by atoms with Gasteiger partial charge in [-0.05, 0) is 26.2 Å². The molecule has 1 aliphatic carbocycles. The first-order valence-corrected chi connectivity index (χ1v) is 8.52.